The van der Waals surface area contributed by atoms with Crippen LogP contribution in [0.1, 0.15) is 5.56 Å². The lowest BCUT2D eigenvalue weighted by molar-refractivity contribution is -0.862. The lowest BCUT2D eigenvalue weighted by atomic mass is 10.1. The van der Waals surface area contributed by atoms with E-state index in [1.807, 2.05) is 0 Å². The Hall–Kier alpha value is -2.58. The molecule has 2 rings (SSSR count). The lowest BCUT2D eigenvalue weighted by Crippen LogP contribution is -3.11. The number of amides is 2. The first-order chi connectivity index (χ1) is 12.6. The summed E-state index contributed by atoms with van der Waals surface area (Å²) < 4.78 is 38.8. The van der Waals surface area contributed by atoms with Gasteiger partial charge in [0, 0.05) is 10.7 Å². The van der Waals surface area contributed by atoms with Gasteiger partial charge in [-0.05, 0) is 36.4 Å². The van der Waals surface area contributed by atoms with Gasteiger partial charge in [-0.1, -0.05) is 23.7 Å². The highest BCUT2D eigenvalue weighted by atomic mass is 35.5. The highest BCUT2D eigenvalue weighted by Crippen LogP contribution is 2.34. The fraction of sp³-hybridized carbons (Fsp3) is 0.222. The highest BCUT2D eigenvalue weighted by molar-refractivity contribution is 6.30. The Labute approximate surface area is 159 Å². The molecular formula is C18H18ClF3N3O2+. The first-order valence-corrected chi connectivity index (χ1v) is 8.36. The normalized spacial score (nSPS) is 12.3. The minimum Gasteiger partial charge on any atom is -0.322 e. The van der Waals surface area contributed by atoms with Crippen LogP contribution in [-0.4, -0.2) is 32.0 Å². The average molecular weight is 401 g/mol. The maximum atomic E-state index is 12.9. The number of anilines is 2. The fourth-order valence-corrected chi connectivity index (χ4v) is 2.51. The van der Waals surface area contributed by atoms with Gasteiger partial charge in [0.25, 0.3) is 11.8 Å². The van der Waals surface area contributed by atoms with Crippen molar-refractivity contribution in [2.24, 2.45) is 0 Å². The SMILES string of the molecule is C[NH+](CC(=O)Nc1ccc(Cl)cc1)CC(=O)Nc1ccccc1C(F)(F)F. The van der Waals surface area contributed by atoms with Crippen LogP contribution in [0.2, 0.25) is 5.02 Å². The van der Waals surface area contributed by atoms with E-state index in [0.29, 0.717) is 15.6 Å². The van der Waals surface area contributed by atoms with Crippen LogP contribution < -0.4 is 15.5 Å². The molecule has 0 aromatic heterocycles. The molecule has 0 fully saturated rings. The molecule has 144 valence electrons. The summed E-state index contributed by atoms with van der Waals surface area (Å²) in [5, 5.41) is 5.44. The van der Waals surface area contributed by atoms with Gasteiger partial charge in [0.2, 0.25) is 0 Å². The Morgan fingerprint density at radius 2 is 1.52 bits per heavy atom. The van der Waals surface area contributed by atoms with Crippen molar-refractivity contribution in [3.8, 4) is 0 Å². The maximum absolute atomic E-state index is 12.9. The zero-order valence-corrected chi connectivity index (χ0v) is 15.1. The number of carbonyl (C=O) groups is 2. The average Bonchev–Trinajstić information content (AvgIpc) is 2.56. The van der Waals surface area contributed by atoms with Gasteiger partial charge in [0.05, 0.1) is 18.3 Å². The van der Waals surface area contributed by atoms with Crippen molar-refractivity contribution in [1.82, 2.24) is 0 Å². The van der Waals surface area contributed by atoms with Crippen LogP contribution in [0.15, 0.2) is 48.5 Å². The Bertz CT molecular complexity index is 810. The summed E-state index contributed by atoms with van der Waals surface area (Å²) in [5.74, 6) is -0.957. The van der Waals surface area contributed by atoms with Crippen LogP contribution in [0.5, 0.6) is 0 Å². The van der Waals surface area contributed by atoms with Crippen LogP contribution in [0.4, 0.5) is 24.5 Å². The number of benzene rings is 2. The zero-order chi connectivity index (χ0) is 20.0. The van der Waals surface area contributed by atoms with Crippen LogP contribution in [0.25, 0.3) is 0 Å². The van der Waals surface area contributed by atoms with Gasteiger partial charge in [-0.25, -0.2) is 0 Å². The Morgan fingerprint density at radius 1 is 0.963 bits per heavy atom. The number of alkyl halides is 3. The minimum absolute atomic E-state index is 0.0308. The maximum Gasteiger partial charge on any atom is 0.418 e. The molecule has 3 N–H and O–H groups in total. The molecule has 0 bridgehead atoms. The highest BCUT2D eigenvalue weighted by Gasteiger charge is 2.33. The minimum atomic E-state index is -4.57. The first kappa shape index (κ1) is 20.7. The van der Waals surface area contributed by atoms with E-state index in [4.69, 9.17) is 11.6 Å². The summed E-state index contributed by atoms with van der Waals surface area (Å²) in [6.07, 6.45) is -4.57. The molecule has 1 unspecified atom stereocenters. The first-order valence-electron chi connectivity index (χ1n) is 7.98. The van der Waals surface area contributed by atoms with Crippen molar-refractivity contribution in [2.45, 2.75) is 6.18 Å². The third kappa shape index (κ3) is 6.58. The molecule has 2 amide bonds. The van der Waals surface area contributed by atoms with Crippen molar-refractivity contribution >= 4 is 34.8 Å². The molecule has 0 saturated carbocycles. The van der Waals surface area contributed by atoms with Gasteiger partial charge in [-0.3, -0.25) is 9.59 Å². The predicted octanol–water partition coefficient (Wildman–Crippen LogP) is 2.45. The van der Waals surface area contributed by atoms with Crippen molar-refractivity contribution in [2.75, 3.05) is 30.8 Å². The molecule has 27 heavy (non-hydrogen) atoms. The summed E-state index contributed by atoms with van der Waals surface area (Å²) in [6, 6.07) is 11.2. The quantitative estimate of drug-likeness (QED) is 0.697. The summed E-state index contributed by atoms with van der Waals surface area (Å²) in [6.45, 7) is -0.197. The van der Waals surface area contributed by atoms with E-state index in [1.165, 1.54) is 18.2 Å². The molecule has 0 spiro atoms. The van der Waals surface area contributed by atoms with E-state index in [2.05, 4.69) is 10.6 Å². The van der Waals surface area contributed by atoms with Crippen LogP contribution in [-0.2, 0) is 15.8 Å². The van der Waals surface area contributed by atoms with Crippen molar-refractivity contribution in [3.63, 3.8) is 0 Å². The standard InChI is InChI=1S/C18H17ClF3N3O2/c1-25(10-16(26)23-13-8-6-12(19)7-9-13)11-17(27)24-15-5-3-2-4-14(15)18(20,21)22/h2-9H,10-11H2,1H3,(H,23,26)(H,24,27)/p+1. The van der Waals surface area contributed by atoms with E-state index in [9.17, 15) is 22.8 Å². The lowest BCUT2D eigenvalue weighted by Gasteiger charge is -2.16. The number of rotatable bonds is 6. The fourth-order valence-electron chi connectivity index (χ4n) is 2.38. The number of quaternary nitrogens is 1. The molecule has 0 aliphatic heterocycles. The molecule has 0 aliphatic carbocycles. The van der Waals surface area contributed by atoms with Gasteiger partial charge in [-0.15, -0.1) is 0 Å². The van der Waals surface area contributed by atoms with E-state index in [0.717, 1.165) is 6.07 Å². The van der Waals surface area contributed by atoms with Gasteiger partial charge in [-0.2, -0.15) is 13.2 Å². The molecule has 0 saturated heterocycles. The topological polar surface area (TPSA) is 62.6 Å². The number of carbonyl (C=O) groups excluding carboxylic acids is 2. The Morgan fingerprint density at radius 3 is 2.11 bits per heavy atom. The summed E-state index contributed by atoms with van der Waals surface area (Å²) >= 11 is 5.76. The van der Waals surface area contributed by atoms with Gasteiger partial charge in [0.15, 0.2) is 13.1 Å². The van der Waals surface area contributed by atoms with Gasteiger partial charge in [0.1, 0.15) is 0 Å². The van der Waals surface area contributed by atoms with Crippen molar-refractivity contribution < 1.29 is 27.7 Å². The monoisotopic (exact) mass is 400 g/mol. The summed E-state index contributed by atoms with van der Waals surface area (Å²) in [4.78, 5) is 24.5. The Balaban J connectivity index is 1.89. The van der Waals surface area contributed by atoms with Crippen molar-refractivity contribution in [1.29, 1.82) is 0 Å². The molecule has 5 nitrogen and oxygen atoms in total. The van der Waals surface area contributed by atoms with E-state index >= 15 is 0 Å². The number of likely N-dealkylation sites (N-methyl/N-ethyl adjacent to an activating group) is 1. The third-order valence-corrected chi connectivity index (χ3v) is 3.81. The van der Waals surface area contributed by atoms with Crippen molar-refractivity contribution in [3.05, 3.63) is 59.1 Å². The second-order valence-corrected chi connectivity index (χ2v) is 6.39. The number of hydrogen-bond acceptors (Lipinski definition) is 2. The van der Waals surface area contributed by atoms with Gasteiger partial charge < -0.3 is 15.5 Å². The molecule has 0 heterocycles. The number of para-hydroxylation sites is 1. The van der Waals surface area contributed by atoms with E-state index in [1.54, 1.807) is 31.3 Å². The van der Waals surface area contributed by atoms with Crippen LogP contribution in [0, 0.1) is 0 Å². The van der Waals surface area contributed by atoms with Gasteiger partial charge >= 0.3 is 6.18 Å². The largest absolute Gasteiger partial charge is 0.418 e. The molecule has 2 aromatic rings. The zero-order valence-electron chi connectivity index (χ0n) is 14.4. The second-order valence-electron chi connectivity index (χ2n) is 5.96. The smallest absolute Gasteiger partial charge is 0.322 e. The molecule has 2 aromatic carbocycles. The summed E-state index contributed by atoms with van der Waals surface area (Å²) in [5.41, 5.74) is -0.675. The molecule has 9 heteroatoms. The van der Waals surface area contributed by atoms with Crippen LogP contribution >= 0.6 is 11.6 Å². The molecule has 0 aliphatic rings. The molecule has 1 atom stereocenters. The molecular weight excluding hydrogens is 383 g/mol. The van der Waals surface area contributed by atoms with Crippen LogP contribution in [0.3, 0.4) is 0 Å². The summed E-state index contributed by atoms with van der Waals surface area (Å²) in [7, 11) is 1.59. The van der Waals surface area contributed by atoms with E-state index < -0.39 is 17.6 Å². The number of halogens is 4. The number of hydrogen-bond donors (Lipinski definition) is 3. The van der Waals surface area contributed by atoms with E-state index in [-0.39, 0.29) is 24.7 Å². The second kappa shape index (κ2) is 8.88. The predicted molar refractivity (Wildman–Crippen MR) is 96.8 cm³/mol. The molecule has 0 radical (unpaired) electrons. The number of nitrogens with one attached hydrogen (secondary N) is 3. The Kier molecular flexibility index (Phi) is 6.81. The third-order valence-electron chi connectivity index (χ3n) is 3.56.